The first kappa shape index (κ1) is 15.0. The zero-order chi connectivity index (χ0) is 13.5. The van der Waals surface area contributed by atoms with Crippen molar-refractivity contribution in [3.8, 4) is 0 Å². The van der Waals surface area contributed by atoms with E-state index in [2.05, 4.69) is 0 Å². The van der Waals surface area contributed by atoms with Crippen LogP contribution in [0, 0.1) is 11.6 Å². The van der Waals surface area contributed by atoms with Crippen molar-refractivity contribution in [2.75, 3.05) is 26.7 Å². The van der Waals surface area contributed by atoms with Gasteiger partial charge < -0.3 is 15.1 Å². The SMILES string of the molecule is CN(CCCO)CCC(O)c1cccc(F)c1F. The minimum Gasteiger partial charge on any atom is -0.396 e. The molecule has 1 aromatic carbocycles. The van der Waals surface area contributed by atoms with Gasteiger partial charge in [-0.25, -0.2) is 8.78 Å². The van der Waals surface area contributed by atoms with Gasteiger partial charge in [0.1, 0.15) is 0 Å². The maximum Gasteiger partial charge on any atom is 0.164 e. The highest BCUT2D eigenvalue weighted by atomic mass is 19.2. The topological polar surface area (TPSA) is 43.7 Å². The number of hydrogen-bond acceptors (Lipinski definition) is 3. The number of hydrogen-bond donors (Lipinski definition) is 2. The van der Waals surface area contributed by atoms with Crippen LogP contribution in [0.25, 0.3) is 0 Å². The van der Waals surface area contributed by atoms with Gasteiger partial charge in [0.2, 0.25) is 0 Å². The molecule has 1 aromatic rings. The normalized spacial score (nSPS) is 13.0. The molecule has 102 valence electrons. The third-order valence-corrected chi connectivity index (χ3v) is 2.82. The molecule has 0 bridgehead atoms. The summed E-state index contributed by atoms with van der Waals surface area (Å²) in [6, 6.07) is 3.79. The predicted octanol–water partition coefficient (Wildman–Crippen LogP) is 1.70. The van der Waals surface area contributed by atoms with Crippen molar-refractivity contribution in [3.63, 3.8) is 0 Å². The molecule has 1 unspecified atom stereocenters. The molecule has 18 heavy (non-hydrogen) atoms. The van der Waals surface area contributed by atoms with E-state index in [9.17, 15) is 13.9 Å². The molecule has 0 aliphatic carbocycles. The van der Waals surface area contributed by atoms with Crippen molar-refractivity contribution < 1.29 is 19.0 Å². The quantitative estimate of drug-likeness (QED) is 0.783. The Labute approximate surface area is 106 Å². The second-order valence-electron chi connectivity index (χ2n) is 4.33. The molecule has 1 rings (SSSR count). The predicted molar refractivity (Wildman–Crippen MR) is 65.1 cm³/mol. The van der Waals surface area contributed by atoms with Gasteiger partial charge >= 0.3 is 0 Å². The van der Waals surface area contributed by atoms with Crippen LogP contribution < -0.4 is 0 Å². The number of rotatable bonds is 7. The van der Waals surface area contributed by atoms with E-state index in [1.807, 2.05) is 11.9 Å². The summed E-state index contributed by atoms with van der Waals surface area (Å²) < 4.78 is 26.4. The van der Waals surface area contributed by atoms with Gasteiger partial charge in [0.25, 0.3) is 0 Å². The number of aliphatic hydroxyl groups excluding tert-OH is 2. The number of halogens is 2. The lowest BCUT2D eigenvalue weighted by Gasteiger charge is -2.18. The average molecular weight is 259 g/mol. The van der Waals surface area contributed by atoms with Crippen molar-refractivity contribution in [2.24, 2.45) is 0 Å². The smallest absolute Gasteiger partial charge is 0.164 e. The minimum absolute atomic E-state index is 0.00874. The number of benzene rings is 1. The molecule has 0 heterocycles. The van der Waals surface area contributed by atoms with Crippen LogP contribution >= 0.6 is 0 Å². The zero-order valence-electron chi connectivity index (χ0n) is 10.4. The standard InChI is InChI=1S/C13H19F2NO2/c1-16(7-3-9-17)8-6-12(18)10-4-2-5-11(14)13(10)15/h2,4-5,12,17-18H,3,6-9H2,1H3. The van der Waals surface area contributed by atoms with E-state index in [0.29, 0.717) is 25.9 Å². The Morgan fingerprint density at radius 2 is 2.00 bits per heavy atom. The molecule has 5 heteroatoms. The lowest BCUT2D eigenvalue weighted by Crippen LogP contribution is -2.23. The molecule has 0 saturated heterocycles. The summed E-state index contributed by atoms with van der Waals surface area (Å²) in [7, 11) is 1.85. The molecule has 0 aliphatic heterocycles. The lowest BCUT2D eigenvalue weighted by atomic mass is 10.1. The van der Waals surface area contributed by atoms with Crippen molar-refractivity contribution in [3.05, 3.63) is 35.4 Å². The lowest BCUT2D eigenvalue weighted by molar-refractivity contribution is 0.142. The molecule has 0 spiro atoms. The van der Waals surface area contributed by atoms with Crippen molar-refractivity contribution >= 4 is 0 Å². The highest BCUT2D eigenvalue weighted by Gasteiger charge is 2.16. The monoisotopic (exact) mass is 259 g/mol. The fourth-order valence-electron chi connectivity index (χ4n) is 1.73. The van der Waals surface area contributed by atoms with Gasteiger partial charge in [-0.15, -0.1) is 0 Å². The molecule has 0 fully saturated rings. The first-order valence-corrected chi connectivity index (χ1v) is 5.97. The van der Waals surface area contributed by atoms with Crippen LogP contribution in [0.1, 0.15) is 24.5 Å². The van der Waals surface area contributed by atoms with E-state index >= 15 is 0 Å². The van der Waals surface area contributed by atoms with E-state index in [4.69, 9.17) is 5.11 Å². The summed E-state index contributed by atoms with van der Waals surface area (Å²) in [5.74, 6) is -1.93. The Morgan fingerprint density at radius 3 is 2.67 bits per heavy atom. The van der Waals surface area contributed by atoms with Crippen LogP contribution in [0.4, 0.5) is 8.78 Å². The van der Waals surface area contributed by atoms with Crippen LogP contribution in [0.5, 0.6) is 0 Å². The molecule has 3 nitrogen and oxygen atoms in total. The van der Waals surface area contributed by atoms with Crippen LogP contribution in [-0.4, -0.2) is 41.9 Å². The molecular weight excluding hydrogens is 240 g/mol. The van der Waals surface area contributed by atoms with E-state index in [0.717, 1.165) is 6.07 Å². The fraction of sp³-hybridized carbons (Fsp3) is 0.538. The molecular formula is C13H19F2NO2. The van der Waals surface area contributed by atoms with Crippen molar-refractivity contribution in [1.82, 2.24) is 4.90 Å². The Morgan fingerprint density at radius 1 is 1.28 bits per heavy atom. The van der Waals surface area contributed by atoms with Gasteiger partial charge in [-0.05, 0) is 26.0 Å². The first-order valence-electron chi connectivity index (χ1n) is 5.97. The first-order chi connectivity index (χ1) is 8.56. The Kier molecular flexibility index (Phi) is 6.18. The molecule has 1 atom stereocenters. The van der Waals surface area contributed by atoms with Gasteiger partial charge in [-0.2, -0.15) is 0 Å². The molecule has 0 aromatic heterocycles. The second kappa shape index (κ2) is 7.41. The highest BCUT2D eigenvalue weighted by molar-refractivity contribution is 5.21. The van der Waals surface area contributed by atoms with Gasteiger partial charge in [0, 0.05) is 25.3 Å². The van der Waals surface area contributed by atoms with Crippen LogP contribution in [0.3, 0.4) is 0 Å². The summed E-state index contributed by atoms with van der Waals surface area (Å²) in [4.78, 5) is 1.93. The van der Waals surface area contributed by atoms with Crippen molar-refractivity contribution in [2.45, 2.75) is 18.9 Å². The zero-order valence-corrected chi connectivity index (χ0v) is 10.4. The van der Waals surface area contributed by atoms with E-state index < -0.39 is 17.7 Å². The van der Waals surface area contributed by atoms with Crippen LogP contribution in [-0.2, 0) is 0 Å². The van der Waals surface area contributed by atoms with Gasteiger partial charge in [0.15, 0.2) is 11.6 Å². The maximum absolute atomic E-state index is 13.4. The summed E-state index contributed by atoms with van der Waals surface area (Å²) in [5.41, 5.74) is -0.00874. The number of nitrogens with zero attached hydrogens (tertiary/aromatic N) is 1. The Bertz CT molecular complexity index is 374. The number of aliphatic hydroxyl groups is 2. The van der Waals surface area contributed by atoms with E-state index in [-0.39, 0.29) is 12.2 Å². The second-order valence-corrected chi connectivity index (χ2v) is 4.33. The van der Waals surface area contributed by atoms with Gasteiger partial charge in [0.05, 0.1) is 6.10 Å². The Hall–Kier alpha value is -1.04. The Balaban J connectivity index is 2.50. The third kappa shape index (κ3) is 4.33. The summed E-state index contributed by atoms with van der Waals surface area (Å²) >= 11 is 0. The van der Waals surface area contributed by atoms with E-state index in [1.54, 1.807) is 0 Å². The van der Waals surface area contributed by atoms with Crippen molar-refractivity contribution in [1.29, 1.82) is 0 Å². The van der Waals surface area contributed by atoms with Crippen LogP contribution in [0.2, 0.25) is 0 Å². The molecule has 0 aliphatic rings. The molecule has 0 amide bonds. The third-order valence-electron chi connectivity index (χ3n) is 2.82. The van der Waals surface area contributed by atoms with E-state index in [1.165, 1.54) is 12.1 Å². The van der Waals surface area contributed by atoms with Gasteiger partial charge in [-0.1, -0.05) is 12.1 Å². The summed E-state index contributed by atoms with van der Waals surface area (Å²) in [6.07, 6.45) is -0.0410. The van der Waals surface area contributed by atoms with Crippen LogP contribution in [0.15, 0.2) is 18.2 Å². The molecule has 2 N–H and O–H groups in total. The highest BCUT2D eigenvalue weighted by Crippen LogP contribution is 2.21. The average Bonchev–Trinajstić information content (AvgIpc) is 2.36. The molecule has 0 radical (unpaired) electrons. The molecule has 0 saturated carbocycles. The fourth-order valence-corrected chi connectivity index (χ4v) is 1.73. The minimum atomic E-state index is -1.02. The summed E-state index contributed by atoms with van der Waals surface area (Å²) in [5, 5.41) is 18.5. The summed E-state index contributed by atoms with van der Waals surface area (Å²) in [6.45, 7) is 1.37. The largest absolute Gasteiger partial charge is 0.396 e. The maximum atomic E-state index is 13.4. The van der Waals surface area contributed by atoms with Gasteiger partial charge in [-0.3, -0.25) is 0 Å².